The van der Waals surface area contributed by atoms with Crippen molar-refractivity contribution in [2.75, 3.05) is 65.9 Å². The van der Waals surface area contributed by atoms with Crippen LogP contribution in [0.15, 0.2) is 0 Å². The predicted octanol–water partition coefficient (Wildman–Crippen LogP) is 11.1. The van der Waals surface area contributed by atoms with Crippen molar-refractivity contribution in [1.82, 2.24) is 10.6 Å². The van der Waals surface area contributed by atoms with Gasteiger partial charge in [0.25, 0.3) is 0 Å². The molecule has 0 spiro atoms. The fourth-order valence-corrected chi connectivity index (χ4v) is 6.28. The van der Waals surface area contributed by atoms with E-state index in [1.165, 1.54) is 44.9 Å². The number of Topliss-reactive ketones (excluding diaryl/α,β-unsaturated/α-hetero) is 2. The molecular formula is C52H114N2O14S6. The number of aliphatic carboxylic acids is 3. The molecule has 16 nitrogen and oxygen atoms in total. The van der Waals surface area contributed by atoms with Gasteiger partial charge in [0, 0.05) is 51.8 Å². The number of carboxylic acids is 3. The fourth-order valence-electron chi connectivity index (χ4n) is 6.28. The van der Waals surface area contributed by atoms with Crippen LogP contribution in [0, 0.1) is 11.8 Å². The summed E-state index contributed by atoms with van der Waals surface area (Å²) in [5.74, 6) is -4.58. The third-order valence-electron chi connectivity index (χ3n) is 10.0. The Morgan fingerprint density at radius 2 is 0.784 bits per heavy atom. The predicted molar refractivity (Wildman–Crippen MR) is 333 cm³/mol. The summed E-state index contributed by atoms with van der Waals surface area (Å²) in [7, 11) is 0. The van der Waals surface area contributed by atoms with E-state index in [1.807, 2.05) is 55.4 Å². The topological polar surface area (TPSA) is 241 Å². The van der Waals surface area contributed by atoms with Crippen LogP contribution in [-0.4, -0.2) is 123 Å². The number of nitrogens with one attached hydrogen (secondary N) is 2. The van der Waals surface area contributed by atoms with Gasteiger partial charge < -0.3 is 44.9 Å². The third-order valence-corrected chi connectivity index (χ3v) is 10.0. The molecule has 0 aromatic heterocycles. The van der Waals surface area contributed by atoms with E-state index in [0.29, 0.717) is 51.9 Å². The molecule has 0 aliphatic carbocycles. The monoisotopic (exact) mass is 1180 g/mol. The largest absolute Gasteiger partial charge is 0.481 e. The van der Waals surface area contributed by atoms with Crippen molar-refractivity contribution in [2.45, 2.75) is 216 Å². The summed E-state index contributed by atoms with van der Waals surface area (Å²) in [6.45, 7) is 19.8. The second-order valence-electron chi connectivity index (χ2n) is 15.6. The molecule has 0 rings (SSSR count). The van der Waals surface area contributed by atoms with Gasteiger partial charge in [-0.2, -0.15) is 81.0 Å². The number of hydrogen-bond donors (Lipinski definition) is 5. The Morgan fingerprint density at radius 1 is 0.378 bits per heavy atom. The number of carboxylic acid groups (broad SMARTS) is 3. The minimum absolute atomic E-state index is 0. The number of amides is 2. The Kier molecular flexibility index (Phi) is 110. The lowest BCUT2D eigenvalue weighted by atomic mass is 9.94. The van der Waals surface area contributed by atoms with Crippen LogP contribution in [-0.2, 0) is 52.5 Å². The van der Waals surface area contributed by atoms with Gasteiger partial charge in [-0.15, -0.1) is 0 Å². The maximum atomic E-state index is 12.4. The summed E-state index contributed by atoms with van der Waals surface area (Å²) in [5.41, 5.74) is 0. The van der Waals surface area contributed by atoms with Crippen molar-refractivity contribution in [1.29, 1.82) is 0 Å². The molecule has 0 fully saturated rings. The van der Waals surface area contributed by atoms with E-state index in [9.17, 15) is 38.7 Å². The molecule has 2 amide bonds. The molecule has 22 heteroatoms. The lowest BCUT2D eigenvalue weighted by molar-refractivity contribution is -0.144. The number of rotatable bonds is 46. The van der Waals surface area contributed by atoms with Crippen LogP contribution in [0.2, 0.25) is 0 Å². The number of ether oxygens (including phenoxy) is 4. The van der Waals surface area contributed by atoms with E-state index in [-0.39, 0.29) is 176 Å². The Bertz CT molecular complexity index is 1200. The van der Waals surface area contributed by atoms with Crippen LogP contribution in [0.3, 0.4) is 0 Å². The van der Waals surface area contributed by atoms with Gasteiger partial charge >= 0.3 is 17.9 Å². The van der Waals surface area contributed by atoms with Crippen molar-refractivity contribution < 1.29 is 67.8 Å². The third kappa shape index (κ3) is 82.0. The average Bonchev–Trinajstić information content (AvgIpc) is 3.33. The van der Waals surface area contributed by atoms with Gasteiger partial charge in [0.2, 0.25) is 11.8 Å². The number of ketones is 2. The first-order chi connectivity index (χ1) is 32.9. The van der Waals surface area contributed by atoms with Crippen LogP contribution in [0.4, 0.5) is 0 Å². The molecule has 0 unspecified atom stereocenters. The molecule has 0 aliphatic heterocycles. The highest BCUT2D eigenvalue weighted by molar-refractivity contribution is 7.60. The minimum atomic E-state index is -1.07. The summed E-state index contributed by atoms with van der Waals surface area (Å²) in [6, 6.07) is 0. The van der Waals surface area contributed by atoms with E-state index in [4.69, 9.17) is 29.2 Å². The van der Waals surface area contributed by atoms with Crippen molar-refractivity contribution in [2.24, 2.45) is 11.8 Å². The minimum Gasteiger partial charge on any atom is -0.481 e. The Hall–Kier alpha value is -1.37. The molecule has 452 valence electrons. The van der Waals surface area contributed by atoms with E-state index in [1.54, 1.807) is 6.92 Å². The molecule has 0 aliphatic rings. The molecule has 0 aromatic carbocycles. The zero-order valence-electron chi connectivity index (χ0n) is 47.5. The van der Waals surface area contributed by atoms with Gasteiger partial charge in [-0.1, -0.05) is 146 Å². The molecule has 0 radical (unpaired) electrons. The Labute approximate surface area is 492 Å². The van der Waals surface area contributed by atoms with Crippen LogP contribution < -0.4 is 10.6 Å². The molecule has 0 saturated heterocycles. The van der Waals surface area contributed by atoms with E-state index in [0.717, 1.165) is 51.4 Å². The van der Waals surface area contributed by atoms with Crippen LogP contribution in [0.5, 0.6) is 0 Å². The molecule has 0 bridgehead atoms. The molecule has 5 N–H and O–H groups in total. The number of carbonyl (C=O) groups excluding carboxylic acids is 4. The molecule has 0 aromatic rings. The smallest absolute Gasteiger partial charge is 0.306 e. The second-order valence-corrected chi connectivity index (χ2v) is 15.6. The average molecular weight is 1180 g/mol. The normalized spacial score (nSPS) is 10.2. The summed E-state index contributed by atoms with van der Waals surface area (Å²) in [4.78, 5) is 81.4. The molecule has 0 saturated carbocycles. The van der Waals surface area contributed by atoms with E-state index < -0.39 is 29.7 Å². The fraction of sp³-hybridized carbons (Fsp3) is 0.865. The Morgan fingerprint density at radius 3 is 1.24 bits per heavy atom. The van der Waals surface area contributed by atoms with Gasteiger partial charge in [-0.25, -0.2) is 0 Å². The van der Waals surface area contributed by atoms with Gasteiger partial charge in [0.15, 0.2) is 5.78 Å². The highest BCUT2D eigenvalue weighted by Crippen LogP contribution is 2.17. The zero-order valence-corrected chi connectivity index (χ0v) is 53.5. The van der Waals surface area contributed by atoms with Gasteiger partial charge in [-0.3, -0.25) is 33.6 Å². The van der Waals surface area contributed by atoms with Crippen molar-refractivity contribution in [3.8, 4) is 0 Å². The summed E-state index contributed by atoms with van der Waals surface area (Å²) in [5, 5.41) is 32.5. The molecule has 74 heavy (non-hydrogen) atoms. The first kappa shape index (κ1) is 98.1. The number of hydrogen-bond acceptors (Lipinski definition) is 11. The first-order valence-corrected chi connectivity index (χ1v) is 26.5. The SMILES string of the molecule is CC.CC.CC.CC.C[C@@H](CCCCNC(=O)COCCOCCCC(=O)COCCOCCNC(=O)CC[C@H](CC(=O)CCCCCCCCCCCCCCCCC(=O)O)C(=O)O)C(=O)O.S.S.S.S.S.S. The Balaban J connectivity index is -0.000000299. The molecular weight excluding hydrogens is 1070 g/mol. The van der Waals surface area contributed by atoms with Crippen LogP contribution >= 0.6 is 81.0 Å². The summed E-state index contributed by atoms with van der Waals surface area (Å²) in [6.07, 6.45) is 18.8. The highest BCUT2D eigenvalue weighted by atomic mass is 32.1. The maximum Gasteiger partial charge on any atom is 0.306 e. The van der Waals surface area contributed by atoms with Gasteiger partial charge in [0.1, 0.15) is 19.0 Å². The highest BCUT2D eigenvalue weighted by Gasteiger charge is 2.22. The van der Waals surface area contributed by atoms with Crippen molar-refractivity contribution in [3.05, 3.63) is 0 Å². The van der Waals surface area contributed by atoms with Crippen molar-refractivity contribution in [3.63, 3.8) is 0 Å². The second kappa shape index (κ2) is 83.0. The molecule has 2 atom stereocenters. The maximum absolute atomic E-state index is 12.4. The standard InChI is InChI=1S/C44H78N2O14.4C2H6.6H2S/c1-36(43(53)54)19-16-17-25-45-41(50)35-60-32-29-57-27-18-21-39(48)34-59-31-30-58-28-26-46-40(49)24-23-37(44(55)56)33-38(47)20-14-12-10-8-6-4-2-3-5-7-9-11-13-15-22-42(51)52;4*1-2;;;;;;/h36-37H,2-35H2,1H3,(H,45,50)(H,46,49)(H,51,52)(H,53,54)(H,55,56);4*1-2H3;6*1H2/t36-,37+;;;;;;;;;;/m0........../s1. The number of carbonyl (C=O) groups is 7. The van der Waals surface area contributed by atoms with E-state index >= 15 is 0 Å². The zero-order chi connectivity index (χ0) is 52.5. The van der Waals surface area contributed by atoms with Gasteiger partial charge in [-0.05, 0) is 38.5 Å². The van der Waals surface area contributed by atoms with Crippen molar-refractivity contribution >= 4 is 122 Å². The van der Waals surface area contributed by atoms with Crippen LogP contribution in [0.25, 0.3) is 0 Å². The lowest BCUT2D eigenvalue weighted by Crippen LogP contribution is -2.29. The number of unbranched alkanes of at least 4 members (excludes halogenated alkanes) is 14. The molecule has 0 heterocycles. The quantitative estimate of drug-likeness (QED) is 0.0356. The summed E-state index contributed by atoms with van der Waals surface area (Å²) >= 11 is 0. The first-order valence-electron chi connectivity index (χ1n) is 26.5. The summed E-state index contributed by atoms with van der Waals surface area (Å²) < 4.78 is 21.4. The lowest BCUT2D eigenvalue weighted by Gasteiger charge is -2.12. The van der Waals surface area contributed by atoms with Crippen LogP contribution in [0.1, 0.15) is 216 Å². The van der Waals surface area contributed by atoms with Gasteiger partial charge in [0.05, 0.1) is 44.9 Å². The van der Waals surface area contributed by atoms with E-state index in [2.05, 4.69) is 10.6 Å².